The van der Waals surface area contributed by atoms with Crippen molar-refractivity contribution in [3.63, 3.8) is 0 Å². The lowest BCUT2D eigenvalue weighted by Crippen LogP contribution is -2.35. The van der Waals surface area contributed by atoms with Crippen LogP contribution in [0, 0.1) is 0 Å². The molecule has 1 amide bonds. The first-order valence-electron chi connectivity index (χ1n) is 7.42. The Balaban J connectivity index is 2.58. The van der Waals surface area contributed by atoms with Gasteiger partial charge in [0.1, 0.15) is 5.75 Å². The monoisotopic (exact) mass is 312 g/mol. The van der Waals surface area contributed by atoms with Crippen molar-refractivity contribution < 1.29 is 9.53 Å². The van der Waals surface area contributed by atoms with Crippen molar-refractivity contribution in [2.24, 2.45) is 0 Å². The highest BCUT2D eigenvalue weighted by Gasteiger charge is 2.10. The molecule has 1 aromatic rings. The number of rotatable bonds is 8. The maximum absolute atomic E-state index is 11.7. The molecule has 21 heavy (non-hydrogen) atoms. The van der Waals surface area contributed by atoms with E-state index < -0.39 is 0 Å². The Kier molecular flexibility index (Phi) is 7.54. The van der Waals surface area contributed by atoms with E-state index in [4.69, 9.17) is 16.3 Å². The van der Waals surface area contributed by atoms with Crippen LogP contribution in [0.25, 0.3) is 0 Å². The number of carbonyl (C=O) groups is 1. The van der Waals surface area contributed by atoms with E-state index in [0.29, 0.717) is 10.8 Å². The van der Waals surface area contributed by atoms with Crippen LogP contribution < -0.4 is 15.4 Å². The van der Waals surface area contributed by atoms with Crippen molar-refractivity contribution in [2.75, 3.05) is 13.2 Å². The minimum atomic E-state index is -0.134. The van der Waals surface area contributed by atoms with Gasteiger partial charge >= 0.3 is 0 Å². The van der Waals surface area contributed by atoms with E-state index >= 15 is 0 Å². The van der Waals surface area contributed by atoms with Crippen molar-refractivity contribution in [3.8, 4) is 5.75 Å². The zero-order chi connectivity index (χ0) is 15.8. The maximum Gasteiger partial charge on any atom is 0.258 e. The second-order valence-electron chi connectivity index (χ2n) is 5.13. The summed E-state index contributed by atoms with van der Waals surface area (Å²) >= 11 is 6.21. The molecule has 2 unspecified atom stereocenters. The van der Waals surface area contributed by atoms with Gasteiger partial charge in [0, 0.05) is 12.1 Å². The number of nitrogens with one attached hydrogen (secondary N) is 2. The van der Waals surface area contributed by atoms with Crippen LogP contribution in [0.2, 0.25) is 5.02 Å². The molecule has 0 spiro atoms. The summed E-state index contributed by atoms with van der Waals surface area (Å²) in [5, 5.41) is 6.69. The minimum absolute atomic E-state index is 0.0217. The van der Waals surface area contributed by atoms with Gasteiger partial charge in [0.15, 0.2) is 6.61 Å². The molecular formula is C16H25ClN2O2. The van der Waals surface area contributed by atoms with E-state index in [1.807, 2.05) is 32.0 Å². The summed E-state index contributed by atoms with van der Waals surface area (Å²) in [6, 6.07) is 6.02. The number of ether oxygens (including phenoxy) is 1. The van der Waals surface area contributed by atoms with E-state index in [1.165, 1.54) is 0 Å². The first kappa shape index (κ1) is 17.8. The lowest BCUT2D eigenvalue weighted by molar-refractivity contribution is -0.123. The van der Waals surface area contributed by atoms with Crippen LogP contribution in [0.15, 0.2) is 18.2 Å². The Bertz CT molecular complexity index is 466. The molecule has 0 aliphatic heterocycles. The van der Waals surface area contributed by atoms with E-state index in [0.717, 1.165) is 18.5 Å². The molecule has 0 aromatic heterocycles. The third-order valence-corrected chi connectivity index (χ3v) is 3.64. The summed E-state index contributed by atoms with van der Waals surface area (Å²) in [4.78, 5) is 11.7. The fourth-order valence-electron chi connectivity index (χ4n) is 1.89. The molecule has 118 valence electrons. The predicted molar refractivity (Wildman–Crippen MR) is 86.9 cm³/mol. The topological polar surface area (TPSA) is 50.4 Å². The molecule has 0 heterocycles. The van der Waals surface area contributed by atoms with Crippen molar-refractivity contribution >= 4 is 17.5 Å². The maximum atomic E-state index is 11.7. The van der Waals surface area contributed by atoms with Gasteiger partial charge in [-0.3, -0.25) is 4.79 Å². The zero-order valence-corrected chi connectivity index (χ0v) is 14.0. The fraction of sp³-hybridized carbons (Fsp3) is 0.562. The van der Waals surface area contributed by atoms with E-state index in [2.05, 4.69) is 24.5 Å². The molecule has 0 aliphatic carbocycles. The summed E-state index contributed by atoms with van der Waals surface area (Å²) < 4.78 is 5.47. The molecule has 0 fully saturated rings. The molecule has 0 radical (unpaired) electrons. The van der Waals surface area contributed by atoms with Crippen LogP contribution in [0.5, 0.6) is 5.75 Å². The van der Waals surface area contributed by atoms with Gasteiger partial charge in [-0.1, -0.05) is 31.5 Å². The summed E-state index contributed by atoms with van der Waals surface area (Å²) in [5.74, 6) is 0.397. The van der Waals surface area contributed by atoms with Gasteiger partial charge in [0.2, 0.25) is 0 Å². The molecule has 0 saturated carbocycles. The standard InChI is InChI=1S/C16H25ClN2O2/c1-5-11(3)19-16(20)10-21-15-8-7-13(9-14(15)17)12(4)18-6-2/h7-9,11-12,18H,5-6,10H2,1-4H3,(H,19,20). The van der Waals surface area contributed by atoms with Gasteiger partial charge in [0.25, 0.3) is 5.91 Å². The SMILES string of the molecule is CCNC(C)c1ccc(OCC(=O)NC(C)CC)c(Cl)c1. The molecule has 0 saturated heterocycles. The number of hydrogen-bond donors (Lipinski definition) is 2. The van der Waals surface area contributed by atoms with Crippen LogP contribution in [-0.2, 0) is 4.79 Å². The highest BCUT2D eigenvalue weighted by Crippen LogP contribution is 2.27. The lowest BCUT2D eigenvalue weighted by Gasteiger charge is -2.15. The van der Waals surface area contributed by atoms with Crippen LogP contribution in [-0.4, -0.2) is 25.1 Å². The third-order valence-electron chi connectivity index (χ3n) is 3.34. The summed E-state index contributed by atoms with van der Waals surface area (Å²) in [7, 11) is 0. The highest BCUT2D eigenvalue weighted by molar-refractivity contribution is 6.32. The molecule has 2 N–H and O–H groups in total. The van der Waals surface area contributed by atoms with Crippen LogP contribution in [0.1, 0.15) is 45.7 Å². The lowest BCUT2D eigenvalue weighted by atomic mass is 10.1. The van der Waals surface area contributed by atoms with Gasteiger partial charge in [-0.2, -0.15) is 0 Å². The Morgan fingerprint density at radius 3 is 2.62 bits per heavy atom. The quantitative estimate of drug-likeness (QED) is 0.774. The van der Waals surface area contributed by atoms with Crippen molar-refractivity contribution in [3.05, 3.63) is 28.8 Å². The second kappa shape index (κ2) is 8.90. The zero-order valence-electron chi connectivity index (χ0n) is 13.2. The average molecular weight is 313 g/mol. The van der Waals surface area contributed by atoms with Crippen LogP contribution in [0.4, 0.5) is 0 Å². The number of amides is 1. The number of halogens is 1. The van der Waals surface area contributed by atoms with Crippen molar-refractivity contribution in [1.29, 1.82) is 0 Å². The molecule has 1 rings (SSSR count). The Morgan fingerprint density at radius 1 is 1.33 bits per heavy atom. The van der Waals surface area contributed by atoms with Crippen LogP contribution >= 0.6 is 11.6 Å². The molecule has 4 nitrogen and oxygen atoms in total. The average Bonchev–Trinajstić information content (AvgIpc) is 2.46. The van der Waals surface area contributed by atoms with Gasteiger partial charge < -0.3 is 15.4 Å². The first-order valence-corrected chi connectivity index (χ1v) is 7.80. The van der Waals surface area contributed by atoms with Crippen molar-refractivity contribution in [1.82, 2.24) is 10.6 Å². The summed E-state index contributed by atoms with van der Waals surface area (Å²) in [5.41, 5.74) is 1.10. The molecule has 2 atom stereocenters. The number of benzene rings is 1. The smallest absolute Gasteiger partial charge is 0.258 e. The first-order chi connectivity index (χ1) is 9.97. The second-order valence-corrected chi connectivity index (χ2v) is 5.54. The molecule has 1 aromatic carbocycles. The van der Waals surface area contributed by atoms with Gasteiger partial charge in [0.05, 0.1) is 5.02 Å². The minimum Gasteiger partial charge on any atom is -0.482 e. The van der Waals surface area contributed by atoms with E-state index in [1.54, 1.807) is 0 Å². The Morgan fingerprint density at radius 2 is 2.05 bits per heavy atom. The summed E-state index contributed by atoms with van der Waals surface area (Å²) in [6.07, 6.45) is 0.892. The van der Waals surface area contributed by atoms with Gasteiger partial charge in [-0.05, 0) is 44.5 Å². The van der Waals surface area contributed by atoms with Crippen molar-refractivity contribution in [2.45, 2.75) is 46.2 Å². The van der Waals surface area contributed by atoms with Gasteiger partial charge in [-0.15, -0.1) is 0 Å². The molecule has 0 bridgehead atoms. The number of carbonyl (C=O) groups excluding carboxylic acids is 1. The highest BCUT2D eigenvalue weighted by atomic mass is 35.5. The third kappa shape index (κ3) is 5.94. The predicted octanol–water partition coefficient (Wildman–Crippen LogP) is 3.30. The van der Waals surface area contributed by atoms with E-state index in [9.17, 15) is 4.79 Å². The molecule has 0 aliphatic rings. The molecule has 5 heteroatoms. The fourth-order valence-corrected chi connectivity index (χ4v) is 2.13. The number of hydrogen-bond acceptors (Lipinski definition) is 3. The Labute approximate surface area is 132 Å². The normalized spacial score (nSPS) is 13.6. The molecular weight excluding hydrogens is 288 g/mol. The van der Waals surface area contributed by atoms with Gasteiger partial charge in [-0.25, -0.2) is 0 Å². The summed E-state index contributed by atoms with van der Waals surface area (Å²) in [6.45, 7) is 8.99. The van der Waals surface area contributed by atoms with Crippen LogP contribution in [0.3, 0.4) is 0 Å². The largest absolute Gasteiger partial charge is 0.482 e. The Hall–Kier alpha value is -1.26. The van der Waals surface area contributed by atoms with E-state index in [-0.39, 0.29) is 24.6 Å².